The monoisotopic (exact) mass is 370 g/mol. The molecular weight excluding hydrogens is 360 g/mol. The van der Waals surface area contributed by atoms with Crippen LogP contribution in [0.2, 0.25) is 0 Å². The van der Waals surface area contributed by atoms with Gasteiger partial charge in [-0.15, -0.1) is 0 Å². The molecule has 0 unspecified atom stereocenters. The van der Waals surface area contributed by atoms with Gasteiger partial charge in [-0.3, -0.25) is 0 Å². The Bertz CT molecular complexity index is 1860. The van der Waals surface area contributed by atoms with E-state index in [1.807, 2.05) is 0 Å². The van der Waals surface area contributed by atoms with Gasteiger partial charge in [-0.05, 0) is 108 Å². The summed E-state index contributed by atoms with van der Waals surface area (Å²) in [6.45, 7) is 0. The van der Waals surface area contributed by atoms with E-state index in [1.54, 1.807) is 0 Å². The summed E-state index contributed by atoms with van der Waals surface area (Å²) in [4.78, 5) is 0. The summed E-state index contributed by atoms with van der Waals surface area (Å²) in [5, 5.41) is 29.6. The Balaban J connectivity index is 1.84. The highest BCUT2D eigenvalue weighted by molar-refractivity contribution is 6.61. The second-order valence-corrected chi connectivity index (χ2v) is 9.55. The van der Waals surface area contributed by atoms with Crippen LogP contribution < -0.4 is 0 Å². The lowest BCUT2D eigenvalue weighted by atomic mass is 9.92. The standard InChI is InChI=1S/C30H10/c1-2-12-14-5-6-17-18-9-10-20-19-8-7-16-15-4-3-13-11(1)21(12)26-27(22(13)15)29(24(16)19)30(25(18)20)28(26)23(14)17/h1-10H. The lowest BCUT2D eigenvalue weighted by Gasteiger charge is -2.09. The number of hydrogen-bond acceptors (Lipinski definition) is 0. The molecule has 11 rings (SSSR count). The van der Waals surface area contributed by atoms with Crippen molar-refractivity contribution in [1.82, 2.24) is 0 Å². The Labute approximate surface area is 168 Å². The molecule has 0 fully saturated rings. The molecule has 0 spiro atoms. The van der Waals surface area contributed by atoms with Crippen LogP contribution in [-0.2, 0) is 0 Å². The fourth-order valence-corrected chi connectivity index (χ4v) is 7.86. The molecule has 0 amide bonds. The van der Waals surface area contributed by atoms with Crippen molar-refractivity contribution in [2.75, 3.05) is 0 Å². The summed E-state index contributed by atoms with van der Waals surface area (Å²) in [5.74, 6) is 0. The summed E-state index contributed by atoms with van der Waals surface area (Å²) in [6.07, 6.45) is 0. The van der Waals surface area contributed by atoms with Crippen molar-refractivity contribution in [2.24, 2.45) is 0 Å². The largest absolute Gasteiger partial charge is 0.0531 e. The molecule has 0 heteroatoms. The van der Waals surface area contributed by atoms with Crippen molar-refractivity contribution in [1.29, 1.82) is 0 Å². The van der Waals surface area contributed by atoms with E-state index in [9.17, 15) is 0 Å². The molecule has 0 aromatic heterocycles. The quantitative estimate of drug-likeness (QED) is 0.234. The summed E-state index contributed by atoms with van der Waals surface area (Å²) < 4.78 is 0. The third kappa shape index (κ3) is 0.877. The lowest BCUT2D eigenvalue weighted by molar-refractivity contribution is 2.08. The molecule has 0 aliphatic heterocycles. The van der Waals surface area contributed by atoms with Gasteiger partial charge in [0.05, 0.1) is 0 Å². The van der Waals surface area contributed by atoms with Crippen LogP contribution in [0.5, 0.6) is 0 Å². The normalized spacial score (nSPS) is 14.7. The minimum Gasteiger partial charge on any atom is -0.0531 e. The molecule has 11 aromatic rings. The van der Waals surface area contributed by atoms with Crippen LogP contribution in [0.4, 0.5) is 0 Å². The molecule has 0 heterocycles. The second-order valence-electron chi connectivity index (χ2n) is 9.55. The second kappa shape index (κ2) is 3.34. The molecule has 130 valence electrons. The van der Waals surface area contributed by atoms with Gasteiger partial charge in [-0.2, -0.15) is 0 Å². The van der Waals surface area contributed by atoms with Gasteiger partial charge < -0.3 is 0 Å². The van der Waals surface area contributed by atoms with E-state index in [2.05, 4.69) is 60.7 Å². The zero-order chi connectivity index (χ0) is 18.6. The van der Waals surface area contributed by atoms with Crippen molar-refractivity contribution in [3.63, 3.8) is 0 Å². The van der Waals surface area contributed by atoms with E-state index in [0.717, 1.165) is 0 Å². The third-order valence-corrected chi connectivity index (χ3v) is 8.73. The van der Waals surface area contributed by atoms with Crippen LogP contribution in [0.25, 0.3) is 108 Å². The van der Waals surface area contributed by atoms with E-state index >= 15 is 0 Å². The van der Waals surface area contributed by atoms with Gasteiger partial charge in [-0.25, -0.2) is 0 Å². The van der Waals surface area contributed by atoms with Crippen LogP contribution >= 0.6 is 0 Å². The Hall–Kier alpha value is -3.90. The smallest absolute Gasteiger partial charge is 0.0000476 e. The lowest BCUT2D eigenvalue weighted by Crippen LogP contribution is -1.80. The van der Waals surface area contributed by atoms with Gasteiger partial charge >= 0.3 is 0 Å². The van der Waals surface area contributed by atoms with Gasteiger partial charge in [0, 0.05) is 0 Å². The fourth-order valence-electron chi connectivity index (χ4n) is 7.86. The molecule has 11 aromatic carbocycles. The van der Waals surface area contributed by atoms with Crippen molar-refractivity contribution >= 4 is 108 Å². The molecule has 0 aliphatic carbocycles. The molecule has 0 N–H and O–H groups in total. The summed E-state index contributed by atoms with van der Waals surface area (Å²) >= 11 is 0. The average Bonchev–Trinajstić information content (AvgIpc) is 3.52. The highest BCUT2D eigenvalue weighted by atomic mass is 14.3. The first-order valence-electron chi connectivity index (χ1n) is 10.8. The molecular formula is C30H10. The molecule has 30 heavy (non-hydrogen) atoms. The highest BCUT2D eigenvalue weighted by Gasteiger charge is 2.31. The van der Waals surface area contributed by atoms with Gasteiger partial charge in [-0.1, -0.05) is 60.7 Å². The zero-order valence-electron chi connectivity index (χ0n) is 15.8. The number of benzene rings is 5. The molecule has 0 aliphatic rings. The van der Waals surface area contributed by atoms with Crippen LogP contribution in [0.15, 0.2) is 60.7 Å². The van der Waals surface area contributed by atoms with Gasteiger partial charge in [0.1, 0.15) is 0 Å². The van der Waals surface area contributed by atoms with Crippen molar-refractivity contribution in [3.8, 4) is 0 Å². The first-order valence-corrected chi connectivity index (χ1v) is 10.8. The Kier molecular flexibility index (Phi) is 1.40. The highest BCUT2D eigenvalue weighted by Crippen LogP contribution is 2.60. The van der Waals surface area contributed by atoms with E-state index in [0.29, 0.717) is 0 Å². The minimum absolute atomic E-state index is 1.44. The zero-order valence-corrected chi connectivity index (χ0v) is 15.8. The van der Waals surface area contributed by atoms with Crippen LogP contribution in [-0.4, -0.2) is 0 Å². The molecule has 0 atom stereocenters. The topological polar surface area (TPSA) is 0 Å². The minimum atomic E-state index is 1.44. The Morgan fingerprint density at radius 1 is 0.167 bits per heavy atom. The third-order valence-electron chi connectivity index (χ3n) is 8.73. The maximum Gasteiger partial charge on any atom is -0.0000476 e. The molecule has 0 nitrogen and oxygen atoms in total. The summed E-state index contributed by atoms with van der Waals surface area (Å²) in [7, 11) is 0. The predicted octanol–water partition coefficient (Wildman–Crippen LogP) is 8.72. The number of hydrogen-bond donors (Lipinski definition) is 0. The number of rotatable bonds is 0. The van der Waals surface area contributed by atoms with Crippen LogP contribution in [0.1, 0.15) is 0 Å². The van der Waals surface area contributed by atoms with Gasteiger partial charge in [0.25, 0.3) is 0 Å². The summed E-state index contributed by atoms with van der Waals surface area (Å²) in [6, 6.07) is 23.8. The average molecular weight is 370 g/mol. The Morgan fingerprint density at radius 3 is 0.433 bits per heavy atom. The van der Waals surface area contributed by atoms with Crippen LogP contribution in [0, 0.1) is 0 Å². The maximum absolute atomic E-state index is 2.38. The summed E-state index contributed by atoms with van der Waals surface area (Å²) in [5.41, 5.74) is 0. The van der Waals surface area contributed by atoms with E-state index in [-0.39, 0.29) is 0 Å². The molecule has 0 bridgehead atoms. The maximum atomic E-state index is 2.38. The molecule has 0 radical (unpaired) electrons. The van der Waals surface area contributed by atoms with E-state index in [4.69, 9.17) is 0 Å². The molecule has 0 saturated heterocycles. The predicted molar refractivity (Wildman–Crippen MR) is 131 cm³/mol. The first-order chi connectivity index (χ1) is 14.9. The molecule has 0 saturated carbocycles. The fraction of sp³-hybridized carbons (Fsp3) is 0. The van der Waals surface area contributed by atoms with Crippen molar-refractivity contribution < 1.29 is 0 Å². The Morgan fingerprint density at radius 2 is 0.300 bits per heavy atom. The van der Waals surface area contributed by atoms with Crippen molar-refractivity contribution in [3.05, 3.63) is 60.7 Å². The van der Waals surface area contributed by atoms with E-state index < -0.39 is 0 Å². The van der Waals surface area contributed by atoms with Crippen LogP contribution in [0.3, 0.4) is 0 Å². The SMILES string of the molecule is c1cc2c3ccc4c5ccc6c7ccc8c9ccc%10c1c2c1c(c%109)c(c87)c(c56)c1c34. The van der Waals surface area contributed by atoms with E-state index in [1.165, 1.54) is 108 Å². The van der Waals surface area contributed by atoms with Crippen molar-refractivity contribution in [2.45, 2.75) is 0 Å². The van der Waals surface area contributed by atoms with Gasteiger partial charge in [0.2, 0.25) is 0 Å². The van der Waals surface area contributed by atoms with Gasteiger partial charge in [0.15, 0.2) is 0 Å². The first kappa shape index (κ1) is 12.6. The number of fused-ring (bicyclic) bond motifs is 5.